The highest BCUT2D eigenvalue weighted by molar-refractivity contribution is 5.46. The van der Waals surface area contributed by atoms with E-state index in [0.29, 0.717) is 6.41 Å². The van der Waals surface area contributed by atoms with E-state index in [9.17, 15) is 18.0 Å². The molecule has 0 aromatic rings. The van der Waals surface area contributed by atoms with Gasteiger partial charge in [0.25, 0.3) is 0 Å². The second-order valence-electron chi connectivity index (χ2n) is 2.95. The average Bonchev–Trinajstić information content (AvgIpc) is 2.10. The summed E-state index contributed by atoms with van der Waals surface area (Å²) < 4.78 is 36.2. The zero-order chi connectivity index (χ0) is 11.4. The monoisotopic (exact) mass is 210 g/mol. The fourth-order valence-corrected chi connectivity index (χ4v) is 0.712. The molecule has 0 atom stereocenters. The molecule has 0 aliphatic rings. The van der Waals surface area contributed by atoms with Crippen molar-refractivity contribution in [2.45, 2.75) is 6.18 Å². The van der Waals surface area contributed by atoms with Crippen molar-refractivity contribution < 1.29 is 18.0 Å². The Hall–Kier alpha value is -1.20. The first kappa shape index (κ1) is 12.8. The Morgan fingerprint density at radius 1 is 1.36 bits per heavy atom. The maximum absolute atomic E-state index is 12.1. The van der Waals surface area contributed by atoms with Crippen LogP contribution in [-0.4, -0.2) is 49.6 Å². The summed E-state index contributed by atoms with van der Waals surface area (Å²) in [5, 5.41) is 0. The number of allylic oxidation sites excluding steroid dienone is 1. The van der Waals surface area contributed by atoms with Crippen LogP contribution in [0.3, 0.4) is 0 Å². The smallest absolute Gasteiger partial charge is 0.369 e. The topological polar surface area (TPSA) is 23.6 Å². The summed E-state index contributed by atoms with van der Waals surface area (Å²) in [6, 6.07) is 0. The van der Waals surface area contributed by atoms with Gasteiger partial charge in [-0.3, -0.25) is 4.79 Å². The number of likely N-dealkylation sites (N-methyl/N-ethyl adjacent to an activating group) is 2. The summed E-state index contributed by atoms with van der Waals surface area (Å²) >= 11 is 0. The fourth-order valence-electron chi connectivity index (χ4n) is 0.712. The molecule has 1 amide bonds. The molecule has 0 rings (SSSR count). The van der Waals surface area contributed by atoms with Gasteiger partial charge in [0.1, 0.15) is 5.70 Å². The van der Waals surface area contributed by atoms with Crippen LogP contribution in [0.4, 0.5) is 13.2 Å². The summed E-state index contributed by atoms with van der Waals surface area (Å²) in [4.78, 5) is 12.4. The lowest BCUT2D eigenvalue weighted by atomic mass is 10.4. The van der Waals surface area contributed by atoms with E-state index < -0.39 is 11.9 Å². The second-order valence-corrected chi connectivity index (χ2v) is 2.95. The quantitative estimate of drug-likeness (QED) is 0.634. The maximum Gasteiger partial charge on any atom is 0.430 e. The van der Waals surface area contributed by atoms with Crippen LogP contribution in [0.5, 0.6) is 0 Å². The lowest BCUT2D eigenvalue weighted by Crippen LogP contribution is -2.34. The number of rotatable bonds is 5. The molecule has 3 nitrogen and oxygen atoms in total. The van der Waals surface area contributed by atoms with E-state index in [2.05, 4.69) is 6.58 Å². The molecule has 0 saturated carbocycles. The van der Waals surface area contributed by atoms with Gasteiger partial charge in [-0.05, 0) is 0 Å². The van der Waals surface area contributed by atoms with Crippen LogP contribution in [0.15, 0.2) is 12.3 Å². The van der Waals surface area contributed by atoms with Gasteiger partial charge >= 0.3 is 6.18 Å². The zero-order valence-corrected chi connectivity index (χ0v) is 8.14. The largest absolute Gasteiger partial charge is 0.430 e. The van der Waals surface area contributed by atoms with Crippen LogP contribution in [0.25, 0.3) is 0 Å². The van der Waals surface area contributed by atoms with Crippen molar-refractivity contribution in [2.24, 2.45) is 0 Å². The average molecular weight is 210 g/mol. The van der Waals surface area contributed by atoms with E-state index in [1.165, 1.54) is 19.0 Å². The molecule has 0 spiro atoms. The third kappa shape index (κ3) is 4.15. The third-order valence-corrected chi connectivity index (χ3v) is 1.76. The molecular weight excluding hydrogens is 197 g/mol. The summed E-state index contributed by atoms with van der Waals surface area (Å²) in [6.07, 6.45) is -3.85. The van der Waals surface area contributed by atoms with Gasteiger partial charge in [0, 0.05) is 27.2 Å². The number of carbonyl (C=O) groups excluding carboxylic acids is 1. The molecule has 0 fully saturated rings. The minimum absolute atomic E-state index is 0.105. The Kier molecular flexibility index (Phi) is 4.46. The molecule has 0 aliphatic carbocycles. The fraction of sp³-hybridized carbons (Fsp3) is 0.625. The normalized spacial score (nSPS) is 10.9. The molecule has 82 valence electrons. The van der Waals surface area contributed by atoms with Crippen molar-refractivity contribution in [3.8, 4) is 0 Å². The van der Waals surface area contributed by atoms with E-state index in [-0.39, 0.29) is 13.1 Å². The van der Waals surface area contributed by atoms with E-state index in [4.69, 9.17) is 0 Å². The summed E-state index contributed by atoms with van der Waals surface area (Å²) in [6.45, 7) is 3.26. The number of alkyl halides is 3. The standard InChI is InChI=1S/C8H13F3N2O/c1-7(8(9,10)11)13(3)5-4-12(2)6-14/h6H,1,4-5H2,2-3H3. The Bertz CT molecular complexity index is 215. The molecule has 0 bridgehead atoms. The Morgan fingerprint density at radius 3 is 2.21 bits per heavy atom. The highest BCUT2D eigenvalue weighted by atomic mass is 19.4. The van der Waals surface area contributed by atoms with E-state index in [1.807, 2.05) is 0 Å². The van der Waals surface area contributed by atoms with E-state index >= 15 is 0 Å². The molecule has 0 aliphatic heterocycles. The highest BCUT2D eigenvalue weighted by Crippen LogP contribution is 2.25. The number of hydrogen-bond acceptors (Lipinski definition) is 2. The lowest BCUT2D eigenvalue weighted by molar-refractivity contribution is -0.117. The van der Waals surface area contributed by atoms with Crippen molar-refractivity contribution >= 4 is 6.41 Å². The van der Waals surface area contributed by atoms with Gasteiger partial charge in [-0.1, -0.05) is 6.58 Å². The molecule has 0 N–H and O–H groups in total. The summed E-state index contributed by atoms with van der Waals surface area (Å²) in [5.41, 5.74) is -0.906. The zero-order valence-electron chi connectivity index (χ0n) is 8.14. The van der Waals surface area contributed by atoms with Gasteiger partial charge in [0.2, 0.25) is 6.41 Å². The van der Waals surface area contributed by atoms with Crippen molar-refractivity contribution in [1.82, 2.24) is 9.80 Å². The lowest BCUT2D eigenvalue weighted by Gasteiger charge is -2.24. The van der Waals surface area contributed by atoms with Crippen LogP contribution < -0.4 is 0 Å². The third-order valence-electron chi connectivity index (χ3n) is 1.76. The van der Waals surface area contributed by atoms with Gasteiger partial charge in [-0.25, -0.2) is 0 Å². The second kappa shape index (κ2) is 4.88. The highest BCUT2D eigenvalue weighted by Gasteiger charge is 2.34. The molecule has 0 saturated heterocycles. The van der Waals surface area contributed by atoms with Gasteiger partial charge in [-0.15, -0.1) is 0 Å². The molecule has 0 radical (unpaired) electrons. The predicted octanol–water partition coefficient (Wildman–Crippen LogP) is 1.08. The van der Waals surface area contributed by atoms with E-state index in [0.717, 1.165) is 4.90 Å². The Morgan fingerprint density at radius 2 is 1.86 bits per heavy atom. The molecule has 0 aromatic heterocycles. The van der Waals surface area contributed by atoms with Crippen molar-refractivity contribution in [2.75, 3.05) is 27.2 Å². The Balaban J connectivity index is 4.03. The van der Waals surface area contributed by atoms with E-state index in [1.54, 1.807) is 0 Å². The predicted molar refractivity (Wildman–Crippen MR) is 46.5 cm³/mol. The first-order chi connectivity index (χ1) is 6.29. The molecular formula is C8H13F3N2O. The molecule has 0 heterocycles. The molecule has 0 aromatic carbocycles. The molecule has 6 heteroatoms. The van der Waals surface area contributed by atoms with Crippen LogP contribution in [0.2, 0.25) is 0 Å². The van der Waals surface area contributed by atoms with Crippen LogP contribution >= 0.6 is 0 Å². The summed E-state index contributed by atoms with van der Waals surface area (Å²) in [5.74, 6) is 0. The number of nitrogens with zero attached hydrogens (tertiary/aromatic N) is 2. The van der Waals surface area contributed by atoms with Crippen LogP contribution in [0.1, 0.15) is 0 Å². The van der Waals surface area contributed by atoms with Crippen LogP contribution in [0, 0.1) is 0 Å². The SMILES string of the molecule is C=C(N(C)CCN(C)C=O)C(F)(F)F. The molecule has 14 heavy (non-hydrogen) atoms. The van der Waals surface area contributed by atoms with Gasteiger partial charge in [-0.2, -0.15) is 13.2 Å². The number of amides is 1. The van der Waals surface area contributed by atoms with Crippen LogP contribution in [-0.2, 0) is 4.79 Å². The van der Waals surface area contributed by atoms with Crippen molar-refractivity contribution in [1.29, 1.82) is 0 Å². The number of hydrogen-bond donors (Lipinski definition) is 0. The van der Waals surface area contributed by atoms with Crippen molar-refractivity contribution in [3.63, 3.8) is 0 Å². The minimum atomic E-state index is -4.41. The van der Waals surface area contributed by atoms with Gasteiger partial charge in [0.15, 0.2) is 0 Å². The first-order valence-corrected chi connectivity index (χ1v) is 3.91. The molecule has 0 unspecified atom stereocenters. The summed E-state index contributed by atoms with van der Waals surface area (Å²) in [7, 11) is 2.78. The van der Waals surface area contributed by atoms with Crippen molar-refractivity contribution in [3.05, 3.63) is 12.3 Å². The number of carbonyl (C=O) groups is 1. The van der Waals surface area contributed by atoms with Gasteiger partial charge in [0.05, 0.1) is 0 Å². The number of halogens is 3. The van der Waals surface area contributed by atoms with Gasteiger partial charge < -0.3 is 9.80 Å². The maximum atomic E-state index is 12.1. The Labute approximate surface area is 80.8 Å². The first-order valence-electron chi connectivity index (χ1n) is 3.91. The minimum Gasteiger partial charge on any atom is -0.369 e.